The summed E-state index contributed by atoms with van der Waals surface area (Å²) in [5, 5.41) is 18.2. The number of aromatic nitrogens is 4. The Balaban J connectivity index is 1.65. The lowest BCUT2D eigenvalue weighted by Crippen LogP contribution is -2.22. The first kappa shape index (κ1) is 17.7. The van der Waals surface area contributed by atoms with Crippen molar-refractivity contribution in [2.45, 2.75) is 25.6 Å². The van der Waals surface area contributed by atoms with Crippen LogP contribution in [-0.4, -0.2) is 64.3 Å². The maximum absolute atomic E-state index is 9.77. The number of nitrogens with one attached hydrogen (secondary N) is 1. The van der Waals surface area contributed by atoms with Crippen LogP contribution in [0.25, 0.3) is 22.3 Å². The monoisotopic (exact) mass is 369 g/mol. The van der Waals surface area contributed by atoms with Gasteiger partial charge in [0.2, 0.25) is 0 Å². The Bertz CT molecular complexity index is 929. The average molecular weight is 369 g/mol. The van der Waals surface area contributed by atoms with E-state index < -0.39 is 0 Å². The first-order valence-electron chi connectivity index (χ1n) is 9.03. The number of nitrogens with zero attached hydrogens (tertiary/aromatic N) is 4. The normalized spacial score (nSPS) is 18.2. The smallest absolute Gasteiger partial charge is 0.132 e. The van der Waals surface area contributed by atoms with E-state index in [-0.39, 0.29) is 12.2 Å². The molecule has 1 aliphatic heterocycles. The van der Waals surface area contributed by atoms with E-state index in [4.69, 9.17) is 9.47 Å². The Morgan fingerprint density at radius 1 is 1.33 bits per heavy atom. The highest BCUT2D eigenvalue weighted by Gasteiger charge is 2.22. The Kier molecular flexibility index (Phi) is 4.91. The molecule has 4 rings (SSSR count). The van der Waals surface area contributed by atoms with E-state index in [9.17, 15) is 5.11 Å². The van der Waals surface area contributed by atoms with E-state index in [1.807, 2.05) is 31.2 Å². The molecule has 8 heteroatoms. The summed E-state index contributed by atoms with van der Waals surface area (Å²) in [6.07, 6.45) is 1.94. The van der Waals surface area contributed by atoms with Crippen molar-refractivity contribution in [3.8, 4) is 17.1 Å². The van der Waals surface area contributed by atoms with Crippen LogP contribution in [0.15, 0.2) is 30.6 Å². The van der Waals surface area contributed by atoms with Crippen molar-refractivity contribution in [2.24, 2.45) is 0 Å². The lowest BCUT2D eigenvalue weighted by Gasteiger charge is -2.16. The standard InChI is InChI=1S/C19H23N5O3/c1-12(10-26-2)27-14-3-4-16-15(7-14)19(23-22-16)17-8-18(21-11-20-17)24-6-5-13(25)9-24/h3-4,7-8,11-13,25H,5-6,9-10H2,1-2H3,(H,22,23). The Hall–Kier alpha value is -2.71. The molecule has 1 aromatic carbocycles. The number of anilines is 1. The number of β-amino-alcohol motifs (C(OH)–C–C–N with tert-alkyl or cyclic N) is 1. The van der Waals surface area contributed by atoms with Crippen LogP contribution in [0.3, 0.4) is 0 Å². The highest BCUT2D eigenvalue weighted by Crippen LogP contribution is 2.30. The van der Waals surface area contributed by atoms with Crippen molar-refractivity contribution >= 4 is 16.7 Å². The van der Waals surface area contributed by atoms with Crippen molar-refractivity contribution in [3.63, 3.8) is 0 Å². The summed E-state index contributed by atoms with van der Waals surface area (Å²) < 4.78 is 11.0. The molecule has 1 saturated heterocycles. The van der Waals surface area contributed by atoms with Crippen LogP contribution >= 0.6 is 0 Å². The SMILES string of the molecule is COCC(C)Oc1ccc2[nH]nc(-c3cc(N4CCC(O)C4)ncn3)c2c1. The molecule has 8 nitrogen and oxygen atoms in total. The third kappa shape index (κ3) is 3.72. The first-order valence-corrected chi connectivity index (χ1v) is 9.03. The average Bonchev–Trinajstić information content (AvgIpc) is 3.28. The molecule has 0 aliphatic carbocycles. The van der Waals surface area contributed by atoms with Crippen LogP contribution in [0.5, 0.6) is 5.75 Å². The number of benzene rings is 1. The van der Waals surface area contributed by atoms with E-state index in [1.54, 1.807) is 7.11 Å². The molecule has 2 N–H and O–H groups in total. The Labute approximate surface area is 157 Å². The fourth-order valence-corrected chi connectivity index (χ4v) is 3.36. The van der Waals surface area contributed by atoms with Gasteiger partial charge in [-0.2, -0.15) is 5.10 Å². The van der Waals surface area contributed by atoms with Gasteiger partial charge in [0.25, 0.3) is 0 Å². The number of rotatable bonds is 6. The van der Waals surface area contributed by atoms with Crippen molar-refractivity contribution in [3.05, 3.63) is 30.6 Å². The summed E-state index contributed by atoms with van der Waals surface area (Å²) in [4.78, 5) is 10.8. The maximum Gasteiger partial charge on any atom is 0.132 e. The summed E-state index contributed by atoms with van der Waals surface area (Å²) in [5.74, 6) is 1.56. The molecule has 142 valence electrons. The van der Waals surface area contributed by atoms with E-state index in [1.165, 1.54) is 6.33 Å². The zero-order valence-corrected chi connectivity index (χ0v) is 15.4. The number of hydrogen-bond acceptors (Lipinski definition) is 7. The second-order valence-electron chi connectivity index (χ2n) is 6.81. The van der Waals surface area contributed by atoms with Gasteiger partial charge in [-0.1, -0.05) is 0 Å². The van der Waals surface area contributed by atoms with Gasteiger partial charge in [0.1, 0.15) is 29.7 Å². The summed E-state index contributed by atoms with van der Waals surface area (Å²) >= 11 is 0. The summed E-state index contributed by atoms with van der Waals surface area (Å²) in [6, 6.07) is 7.73. The number of hydrogen-bond donors (Lipinski definition) is 2. The van der Waals surface area contributed by atoms with Crippen LogP contribution in [0, 0.1) is 0 Å². The molecule has 1 aliphatic rings. The van der Waals surface area contributed by atoms with Gasteiger partial charge >= 0.3 is 0 Å². The fraction of sp³-hybridized carbons (Fsp3) is 0.421. The molecule has 3 aromatic rings. The summed E-state index contributed by atoms with van der Waals surface area (Å²) in [7, 11) is 1.66. The molecule has 2 aromatic heterocycles. The molecule has 2 atom stereocenters. The number of aliphatic hydroxyl groups is 1. The van der Waals surface area contributed by atoms with E-state index in [0.29, 0.717) is 13.2 Å². The van der Waals surface area contributed by atoms with Gasteiger partial charge in [-0.05, 0) is 31.5 Å². The van der Waals surface area contributed by atoms with Crippen LogP contribution in [0.2, 0.25) is 0 Å². The molecular weight excluding hydrogens is 346 g/mol. The van der Waals surface area contributed by atoms with Gasteiger partial charge in [0.05, 0.1) is 23.9 Å². The number of H-pyrrole nitrogens is 1. The lowest BCUT2D eigenvalue weighted by molar-refractivity contribution is 0.0922. The number of aliphatic hydroxyl groups excluding tert-OH is 1. The minimum atomic E-state index is -0.302. The maximum atomic E-state index is 9.77. The number of aromatic amines is 1. The molecule has 1 fully saturated rings. The molecule has 0 amide bonds. The second-order valence-corrected chi connectivity index (χ2v) is 6.81. The topological polar surface area (TPSA) is 96.4 Å². The molecule has 27 heavy (non-hydrogen) atoms. The third-order valence-electron chi connectivity index (χ3n) is 4.66. The van der Waals surface area contributed by atoms with E-state index >= 15 is 0 Å². The quantitative estimate of drug-likeness (QED) is 0.686. The van der Waals surface area contributed by atoms with E-state index in [0.717, 1.165) is 46.8 Å². The van der Waals surface area contributed by atoms with Crippen molar-refractivity contribution < 1.29 is 14.6 Å². The predicted octanol–water partition coefficient (Wildman–Crippen LogP) is 2.00. The van der Waals surface area contributed by atoms with Crippen molar-refractivity contribution in [2.75, 3.05) is 31.7 Å². The molecule has 0 spiro atoms. The van der Waals surface area contributed by atoms with Crippen molar-refractivity contribution in [1.82, 2.24) is 20.2 Å². The molecule has 2 unspecified atom stereocenters. The van der Waals surface area contributed by atoms with Gasteiger partial charge < -0.3 is 19.5 Å². The van der Waals surface area contributed by atoms with Crippen LogP contribution in [0.1, 0.15) is 13.3 Å². The lowest BCUT2D eigenvalue weighted by atomic mass is 10.1. The number of methoxy groups -OCH3 is 1. The molecule has 0 radical (unpaired) electrons. The highest BCUT2D eigenvalue weighted by molar-refractivity contribution is 5.93. The van der Waals surface area contributed by atoms with E-state index in [2.05, 4.69) is 25.1 Å². The van der Waals surface area contributed by atoms with Gasteiger partial charge in [-0.25, -0.2) is 9.97 Å². The minimum Gasteiger partial charge on any atom is -0.488 e. The van der Waals surface area contributed by atoms with Crippen LogP contribution in [-0.2, 0) is 4.74 Å². The van der Waals surface area contributed by atoms with Crippen LogP contribution in [0.4, 0.5) is 5.82 Å². The predicted molar refractivity (Wildman–Crippen MR) is 102 cm³/mol. The van der Waals surface area contributed by atoms with Gasteiger partial charge in [-0.15, -0.1) is 0 Å². The first-order chi connectivity index (χ1) is 13.1. The fourth-order valence-electron chi connectivity index (χ4n) is 3.36. The van der Waals surface area contributed by atoms with Crippen LogP contribution < -0.4 is 9.64 Å². The largest absolute Gasteiger partial charge is 0.488 e. The second kappa shape index (κ2) is 7.50. The molecule has 0 saturated carbocycles. The number of ether oxygens (including phenoxy) is 2. The van der Waals surface area contributed by atoms with Gasteiger partial charge in [0, 0.05) is 31.7 Å². The van der Waals surface area contributed by atoms with Gasteiger partial charge in [0.15, 0.2) is 0 Å². The molecule has 3 heterocycles. The Morgan fingerprint density at radius 2 is 2.22 bits per heavy atom. The zero-order chi connectivity index (χ0) is 18.8. The minimum absolute atomic E-state index is 0.0463. The number of fused-ring (bicyclic) bond motifs is 1. The van der Waals surface area contributed by atoms with Crippen molar-refractivity contribution in [1.29, 1.82) is 0 Å². The highest BCUT2D eigenvalue weighted by atomic mass is 16.5. The summed E-state index contributed by atoms with van der Waals surface area (Å²) in [6.45, 7) is 3.86. The zero-order valence-electron chi connectivity index (χ0n) is 15.4. The Morgan fingerprint density at radius 3 is 3.00 bits per heavy atom. The third-order valence-corrected chi connectivity index (χ3v) is 4.66. The molecule has 0 bridgehead atoms. The summed E-state index contributed by atoms with van der Waals surface area (Å²) in [5.41, 5.74) is 2.39. The van der Waals surface area contributed by atoms with Gasteiger partial charge in [-0.3, -0.25) is 5.10 Å². The molecular formula is C19H23N5O3.